The number of hydrogen-bond donors (Lipinski definition) is 1. The number of halogens is 1. The van der Waals surface area contributed by atoms with E-state index in [1.54, 1.807) is 18.2 Å². The summed E-state index contributed by atoms with van der Waals surface area (Å²) in [6.07, 6.45) is 0.636. The minimum atomic E-state index is -0.618. The fourth-order valence-corrected chi connectivity index (χ4v) is 2.46. The molecule has 1 atom stereocenters. The van der Waals surface area contributed by atoms with Crippen LogP contribution in [0.2, 0.25) is 0 Å². The second-order valence-electron chi connectivity index (χ2n) is 4.37. The van der Waals surface area contributed by atoms with E-state index in [0.29, 0.717) is 12.0 Å². The van der Waals surface area contributed by atoms with Crippen molar-refractivity contribution in [1.82, 2.24) is 10.2 Å². The first-order valence-electron chi connectivity index (χ1n) is 5.86. The van der Waals surface area contributed by atoms with Crippen molar-refractivity contribution in [3.63, 3.8) is 0 Å². The van der Waals surface area contributed by atoms with Gasteiger partial charge in [-0.25, -0.2) is 0 Å². The van der Waals surface area contributed by atoms with Crippen molar-refractivity contribution in [3.05, 3.63) is 33.4 Å². The van der Waals surface area contributed by atoms with E-state index in [0.717, 1.165) is 8.47 Å². The first-order valence-corrected chi connectivity index (χ1v) is 6.94. The maximum absolute atomic E-state index is 12.0. The number of nitrogens with zero attached hydrogens (tertiary/aromatic N) is 1. The minimum absolute atomic E-state index is 0.204. The molecule has 0 spiro atoms. The van der Waals surface area contributed by atoms with Crippen molar-refractivity contribution in [3.8, 4) is 0 Å². The number of benzene rings is 1. The molecular weight excluding hydrogens is 359 g/mol. The number of amides is 3. The first kappa shape index (κ1) is 14.0. The Morgan fingerprint density at radius 3 is 2.84 bits per heavy atom. The van der Waals surface area contributed by atoms with Crippen LogP contribution in [0.15, 0.2) is 24.3 Å². The lowest BCUT2D eigenvalue weighted by atomic mass is 10.0. The van der Waals surface area contributed by atoms with Gasteiger partial charge < -0.3 is 5.32 Å². The van der Waals surface area contributed by atoms with Gasteiger partial charge in [0.05, 0.1) is 0 Å². The van der Waals surface area contributed by atoms with E-state index in [1.165, 1.54) is 7.05 Å². The van der Waals surface area contributed by atoms with Crippen LogP contribution in [0.1, 0.15) is 23.2 Å². The van der Waals surface area contributed by atoms with E-state index < -0.39 is 6.04 Å². The number of likely N-dealkylation sites (tertiary alicyclic amines) is 1. The maximum Gasteiger partial charge on any atom is 0.251 e. The fraction of sp³-hybridized carbons (Fsp3) is 0.308. The minimum Gasteiger partial charge on any atom is -0.340 e. The lowest BCUT2D eigenvalue weighted by Crippen LogP contribution is -2.52. The Morgan fingerprint density at radius 2 is 2.16 bits per heavy atom. The zero-order chi connectivity index (χ0) is 14.0. The highest BCUT2D eigenvalue weighted by atomic mass is 127. The molecule has 100 valence electrons. The summed E-state index contributed by atoms with van der Waals surface area (Å²) in [4.78, 5) is 36.3. The molecule has 0 aliphatic carbocycles. The Hall–Kier alpha value is -1.44. The van der Waals surface area contributed by atoms with E-state index in [-0.39, 0.29) is 24.1 Å². The Balaban J connectivity index is 2.07. The van der Waals surface area contributed by atoms with Gasteiger partial charge >= 0.3 is 0 Å². The standard InChI is InChI=1S/C13H13IN2O3/c1-16-11(17)6-5-10(13(16)19)15-12(18)8-3-2-4-9(14)7-8/h2-4,7,10H,5-6H2,1H3,(H,15,18). The van der Waals surface area contributed by atoms with Crippen molar-refractivity contribution in [2.45, 2.75) is 18.9 Å². The molecule has 0 saturated carbocycles. The third-order valence-electron chi connectivity index (χ3n) is 3.04. The first-order chi connectivity index (χ1) is 8.99. The molecule has 1 saturated heterocycles. The number of carbonyl (C=O) groups excluding carboxylic acids is 3. The second kappa shape index (κ2) is 5.68. The lowest BCUT2D eigenvalue weighted by Gasteiger charge is -2.28. The lowest BCUT2D eigenvalue weighted by molar-refractivity contribution is -0.147. The average molecular weight is 372 g/mol. The quantitative estimate of drug-likeness (QED) is 0.626. The summed E-state index contributed by atoms with van der Waals surface area (Å²) in [6.45, 7) is 0. The van der Waals surface area contributed by atoms with Crippen LogP contribution in [-0.2, 0) is 9.59 Å². The number of imide groups is 1. The summed E-state index contributed by atoms with van der Waals surface area (Å²) in [7, 11) is 1.44. The van der Waals surface area contributed by atoms with E-state index in [9.17, 15) is 14.4 Å². The van der Waals surface area contributed by atoms with Crippen LogP contribution in [0.3, 0.4) is 0 Å². The second-order valence-corrected chi connectivity index (χ2v) is 5.61. The van der Waals surface area contributed by atoms with Crippen molar-refractivity contribution in [2.75, 3.05) is 7.05 Å². The normalized spacial score (nSPS) is 19.5. The van der Waals surface area contributed by atoms with Gasteiger partial charge in [0.2, 0.25) is 5.91 Å². The Kier molecular flexibility index (Phi) is 4.18. The molecule has 1 heterocycles. The summed E-state index contributed by atoms with van der Waals surface area (Å²) < 4.78 is 0.951. The van der Waals surface area contributed by atoms with Gasteiger partial charge in [0.15, 0.2) is 0 Å². The number of piperidine rings is 1. The predicted molar refractivity (Wildman–Crippen MR) is 77.4 cm³/mol. The van der Waals surface area contributed by atoms with E-state index in [1.807, 2.05) is 6.07 Å². The molecule has 1 aliphatic rings. The zero-order valence-corrected chi connectivity index (χ0v) is 12.5. The summed E-state index contributed by atoms with van der Waals surface area (Å²) >= 11 is 2.12. The van der Waals surface area contributed by atoms with Crippen molar-refractivity contribution in [1.29, 1.82) is 0 Å². The molecule has 1 aromatic rings. The van der Waals surface area contributed by atoms with Gasteiger partial charge in [-0.1, -0.05) is 6.07 Å². The summed E-state index contributed by atoms with van der Waals surface area (Å²) in [5.74, 6) is -0.848. The molecule has 1 fully saturated rings. The van der Waals surface area contributed by atoms with Crippen LogP contribution in [0.5, 0.6) is 0 Å². The predicted octanol–water partition coefficient (Wildman–Crippen LogP) is 1.17. The molecule has 1 N–H and O–H groups in total. The summed E-state index contributed by atoms with van der Waals surface area (Å²) in [5.41, 5.74) is 0.513. The number of carbonyl (C=O) groups is 3. The van der Waals surface area contributed by atoms with E-state index in [2.05, 4.69) is 27.9 Å². The molecule has 1 aromatic carbocycles. The van der Waals surface area contributed by atoms with E-state index >= 15 is 0 Å². The molecule has 19 heavy (non-hydrogen) atoms. The van der Waals surface area contributed by atoms with Crippen LogP contribution in [0.25, 0.3) is 0 Å². The van der Waals surface area contributed by atoms with Gasteiger partial charge in [-0.05, 0) is 47.2 Å². The molecule has 2 rings (SSSR count). The molecule has 1 unspecified atom stereocenters. The highest BCUT2D eigenvalue weighted by Gasteiger charge is 2.32. The molecule has 0 aromatic heterocycles. The largest absolute Gasteiger partial charge is 0.340 e. The Labute approximate surface area is 124 Å². The van der Waals surface area contributed by atoms with Crippen LogP contribution in [-0.4, -0.2) is 35.7 Å². The van der Waals surface area contributed by atoms with Gasteiger partial charge in [0, 0.05) is 22.6 Å². The van der Waals surface area contributed by atoms with Crippen LogP contribution in [0, 0.1) is 3.57 Å². The van der Waals surface area contributed by atoms with Crippen LogP contribution < -0.4 is 5.32 Å². The highest BCUT2D eigenvalue weighted by molar-refractivity contribution is 14.1. The number of hydrogen-bond acceptors (Lipinski definition) is 3. The molecule has 5 nitrogen and oxygen atoms in total. The Bertz CT molecular complexity index is 544. The SMILES string of the molecule is CN1C(=O)CCC(NC(=O)c2cccc(I)c2)C1=O. The topological polar surface area (TPSA) is 66.5 Å². The number of nitrogens with one attached hydrogen (secondary N) is 1. The third kappa shape index (κ3) is 3.12. The molecule has 0 radical (unpaired) electrons. The van der Waals surface area contributed by atoms with Gasteiger partial charge in [0.25, 0.3) is 11.8 Å². The molecule has 3 amide bonds. The molecular formula is C13H13IN2O3. The van der Waals surface area contributed by atoms with Crippen molar-refractivity contribution < 1.29 is 14.4 Å². The average Bonchev–Trinajstić information content (AvgIpc) is 2.39. The van der Waals surface area contributed by atoms with Gasteiger partial charge in [0.1, 0.15) is 6.04 Å². The molecule has 0 bridgehead atoms. The summed E-state index contributed by atoms with van der Waals surface area (Å²) in [6, 6.07) is 6.50. The molecule has 6 heteroatoms. The Morgan fingerprint density at radius 1 is 1.42 bits per heavy atom. The monoisotopic (exact) mass is 372 g/mol. The smallest absolute Gasteiger partial charge is 0.251 e. The van der Waals surface area contributed by atoms with Crippen molar-refractivity contribution in [2.24, 2.45) is 0 Å². The van der Waals surface area contributed by atoms with Crippen molar-refractivity contribution >= 4 is 40.3 Å². The number of likely N-dealkylation sites (N-methyl/N-ethyl adjacent to an activating group) is 1. The number of rotatable bonds is 2. The van der Waals surface area contributed by atoms with Gasteiger partial charge in [-0.15, -0.1) is 0 Å². The van der Waals surface area contributed by atoms with Gasteiger partial charge in [-0.2, -0.15) is 0 Å². The van der Waals surface area contributed by atoms with Crippen LogP contribution in [0.4, 0.5) is 0 Å². The highest BCUT2D eigenvalue weighted by Crippen LogP contribution is 2.13. The van der Waals surface area contributed by atoms with Gasteiger partial charge in [-0.3, -0.25) is 19.3 Å². The fourth-order valence-electron chi connectivity index (χ4n) is 1.92. The van der Waals surface area contributed by atoms with Crippen LogP contribution >= 0.6 is 22.6 Å². The zero-order valence-electron chi connectivity index (χ0n) is 10.4. The molecule has 1 aliphatic heterocycles. The maximum atomic E-state index is 12.0. The van der Waals surface area contributed by atoms with E-state index in [4.69, 9.17) is 0 Å². The summed E-state index contributed by atoms with van der Waals surface area (Å²) in [5, 5.41) is 2.68. The third-order valence-corrected chi connectivity index (χ3v) is 3.71.